The number of hydrogen-bond donors (Lipinski definition) is 2. The van der Waals surface area contributed by atoms with Gasteiger partial charge in [0.05, 0.1) is 18.2 Å². The highest BCUT2D eigenvalue weighted by molar-refractivity contribution is 9.10. The highest BCUT2D eigenvalue weighted by atomic mass is 79.9. The van der Waals surface area contributed by atoms with Gasteiger partial charge in [0.2, 0.25) is 11.8 Å². The molecule has 1 aromatic rings. The molecule has 0 radical (unpaired) electrons. The molecule has 3 amide bonds. The maximum absolute atomic E-state index is 12.4. The van der Waals surface area contributed by atoms with Gasteiger partial charge in [0.1, 0.15) is 5.60 Å². The topological polar surface area (TPSA) is 87.7 Å². The first kappa shape index (κ1) is 21.2. The normalized spacial score (nSPS) is 17.2. The van der Waals surface area contributed by atoms with Crippen molar-refractivity contribution in [3.05, 3.63) is 28.7 Å². The van der Waals surface area contributed by atoms with Crippen molar-refractivity contribution in [2.75, 3.05) is 25.0 Å². The lowest BCUT2D eigenvalue weighted by Crippen LogP contribution is -2.47. The second kappa shape index (κ2) is 9.21. The largest absolute Gasteiger partial charge is 0.444 e. The van der Waals surface area contributed by atoms with Gasteiger partial charge in [0.25, 0.3) is 0 Å². The summed E-state index contributed by atoms with van der Waals surface area (Å²) >= 11 is 3.36. The Balaban J connectivity index is 1.82. The van der Waals surface area contributed by atoms with Crippen LogP contribution < -0.4 is 10.6 Å². The molecular weight excluding hydrogens is 414 g/mol. The molecule has 7 nitrogen and oxygen atoms in total. The summed E-state index contributed by atoms with van der Waals surface area (Å²) in [6, 6.07) is 7.25. The molecule has 27 heavy (non-hydrogen) atoms. The van der Waals surface area contributed by atoms with Gasteiger partial charge in [-0.2, -0.15) is 0 Å². The summed E-state index contributed by atoms with van der Waals surface area (Å²) in [5, 5.41) is 5.39. The van der Waals surface area contributed by atoms with E-state index in [1.807, 2.05) is 39.0 Å². The first-order chi connectivity index (χ1) is 12.7. The molecule has 1 heterocycles. The van der Waals surface area contributed by atoms with Crippen LogP contribution in [0.1, 0.15) is 33.6 Å². The molecule has 1 unspecified atom stereocenters. The minimum atomic E-state index is -0.573. The van der Waals surface area contributed by atoms with Crippen LogP contribution in [0.4, 0.5) is 10.5 Å². The number of piperidine rings is 1. The van der Waals surface area contributed by atoms with Crippen LogP contribution in [-0.2, 0) is 14.3 Å². The second-order valence-corrected chi connectivity index (χ2v) is 8.37. The van der Waals surface area contributed by atoms with E-state index >= 15 is 0 Å². The van der Waals surface area contributed by atoms with Crippen molar-refractivity contribution in [2.45, 2.75) is 39.2 Å². The van der Waals surface area contributed by atoms with Crippen LogP contribution in [0.25, 0.3) is 0 Å². The predicted molar refractivity (Wildman–Crippen MR) is 106 cm³/mol. The quantitative estimate of drug-likeness (QED) is 0.753. The van der Waals surface area contributed by atoms with Crippen molar-refractivity contribution in [2.24, 2.45) is 5.92 Å². The number of hydrogen-bond acceptors (Lipinski definition) is 4. The molecule has 0 saturated carbocycles. The van der Waals surface area contributed by atoms with Gasteiger partial charge in [0.15, 0.2) is 0 Å². The molecule has 0 spiro atoms. The lowest BCUT2D eigenvalue weighted by molar-refractivity contribution is -0.128. The van der Waals surface area contributed by atoms with Crippen molar-refractivity contribution in [1.29, 1.82) is 0 Å². The highest BCUT2D eigenvalue weighted by Gasteiger charge is 2.31. The Hall–Kier alpha value is -2.09. The zero-order chi connectivity index (χ0) is 20.0. The summed E-state index contributed by atoms with van der Waals surface area (Å²) in [7, 11) is 0. The van der Waals surface area contributed by atoms with E-state index in [9.17, 15) is 14.4 Å². The van der Waals surface area contributed by atoms with Gasteiger partial charge in [-0.15, -0.1) is 0 Å². The number of carbonyl (C=O) groups excluding carboxylic acids is 3. The highest BCUT2D eigenvalue weighted by Crippen LogP contribution is 2.21. The molecule has 2 N–H and O–H groups in total. The first-order valence-corrected chi connectivity index (χ1v) is 9.75. The van der Waals surface area contributed by atoms with Crippen molar-refractivity contribution in [3.63, 3.8) is 0 Å². The summed E-state index contributed by atoms with van der Waals surface area (Å²) in [5.41, 5.74) is 0.0707. The SMILES string of the molecule is CC(C)(C)OC(=O)N1CCCC(C(=O)NCC(=O)Nc2ccccc2Br)C1. The summed E-state index contributed by atoms with van der Waals surface area (Å²) in [6.45, 7) is 6.17. The van der Waals surface area contributed by atoms with Crippen LogP contribution in [-0.4, -0.2) is 48.0 Å². The van der Waals surface area contributed by atoms with Crippen LogP contribution in [0.2, 0.25) is 0 Å². The third-order valence-corrected chi connectivity index (χ3v) is 4.71. The third kappa shape index (κ3) is 6.86. The van der Waals surface area contributed by atoms with Gasteiger partial charge >= 0.3 is 6.09 Å². The lowest BCUT2D eigenvalue weighted by Gasteiger charge is -2.33. The maximum atomic E-state index is 12.4. The van der Waals surface area contributed by atoms with Crippen molar-refractivity contribution >= 4 is 39.5 Å². The fourth-order valence-corrected chi connectivity index (χ4v) is 3.14. The molecule has 1 aromatic carbocycles. The molecule has 2 rings (SSSR count). The number of rotatable bonds is 4. The van der Waals surface area contributed by atoms with Crippen LogP contribution >= 0.6 is 15.9 Å². The smallest absolute Gasteiger partial charge is 0.410 e. The standard InChI is InChI=1S/C19H26BrN3O4/c1-19(2,3)27-18(26)23-10-6-7-13(12-23)17(25)21-11-16(24)22-15-9-5-4-8-14(15)20/h4-5,8-9,13H,6-7,10-12H2,1-3H3,(H,21,25)(H,22,24). The first-order valence-electron chi connectivity index (χ1n) is 8.96. The number of anilines is 1. The summed E-state index contributed by atoms with van der Waals surface area (Å²) < 4.78 is 6.14. The molecule has 0 aliphatic carbocycles. The molecule has 0 bridgehead atoms. The van der Waals surface area contributed by atoms with E-state index in [1.54, 1.807) is 11.0 Å². The Labute approximate surface area is 167 Å². The van der Waals surface area contributed by atoms with E-state index in [1.165, 1.54) is 0 Å². The number of benzene rings is 1. The number of para-hydroxylation sites is 1. The van der Waals surface area contributed by atoms with E-state index in [0.29, 0.717) is 25.2 Å². The van der Waals surface area contributed by atoms with E-state index in [2.05, 4.69) is 26.6 Å². The molecule has 1 aliphatic heterocycles. The van der Waals surface area contributed by atoms with Crippen LogP contribution in [0.15, 0.2) is 28.7 Å². The fraction of sp³-hybridized carbons (Fsp3) is 0.526. The molecular formula is C19H26BrN3O4. The Morgan fingerprint density at radius 3 is 2.63 bits per heavy atom. The molecule has 1 saturated heterocycles. The van der Waals surface area contributed by atoms with Gasteiger partial charge in [-0.05, 0) is 61.7 Å². The average Bonchev–Trinajstić information content (AvgIpc) is 2.60. The number of ether oxygens (including phenoxy) is 1. The van der Waals surface area contributed by atoms with Crippen molar-refractivity contribution in [1.82, 2.24) is 10.2 Å². The Morgan fingerprint density at radius 1 is 1.26 bits per heavy atom. The number of likely N-dealkylation sites (tertiary alicyclic amines) is 1. The van der Waals surface area contributed by atoms with Gasteiger partial charge < -0.3 is 20.3 Å². The Morgan fingerprint density at radius 2 is 1.96 bits per heavy atom. The van der Waals surface area contributed by atoms with E-state index < -0.39 is 11.7 Å². The Bertz CT molecular complexity index is 702. The summed E-state index contributed by atoms with van der Waals surface area (Å²) in [4.78, 5) is 38.2. The van der Waals surface area contributed by atoms with Crippen LogP contribution in [0.5, 0.6) is 0 Å². The average molecular weight is 440 g/mol. The zero-order valence-corrected chi connectivity index (χ0v) is 17.5. The van der Waals surface area contributed by atoms with Gasteiger partial charge in [0, 0.05) is 17.6 Å². The van der Waals surface area contributed by atoms with Gasteiger partial charge in [-0.3, -0.25) is 9.59 Å². The van der Waals surface area contributed by atoms with Crippen LogP contribution in [0, 0.1) is 5.92 Å². The van der Waals surface area contributed by atoms with Crippen molar-refractivity contribution in [3.8, 4) is 0 Å². The summed E-state index contributed by atoms with van der Waals surface area (Å²) in [6.07, 6.45) is 0.990. The van der Waals surface area contributed by atoms with E-state index in [4.69, 9.17) is 4.74 Å². The number of carbonyl (C=O) groups is 3. The minimum Gasteiger partial charge on any atom is -0.444 e. The van der Waals surface area contributed by atoms with E-state index in [-0.39, 0.29) is 24.3 Å². The number of nitrogens with one attached hydrogen (secondary N) is 2. The lowest BCUT2D eigenvalue weighted by atomic mass is 9.97. The van der Waals surface area contributed by atoms with Gasteiger partial charge in [-0.1, -0.05) is 12.1 Å². The Kier molecular flexibility index (Phi) is 7.24. The molecule has 8 heteroatoms. The van der Waals surface area contributed by atoms with Gasteiger partial charge in [-0.25, -0.2) is 4.79 Å². The minimum absolute atomic E-state index is 0.122. The fourth-order valence-electron chi connectivity index (χ4n) is 2.75. The molecule has 0 aromatic heterocycles. The zero-order valence-electron chi connectivity index (χ0n) is 15.9. The number of amides is 3. The number of halogens is 1. The predicted octanol–water partition coefficient (Wildman–Crippen LogP) is 3.15. The summed E-state index contributed by atoms with van der Waals surface area (Å²) in [5.74, 6) is -0.886. The van der Waals surface area contributed by atoms with Crippen LogP contribution in [0.3, 0.4) is 0 Å². The second-order valence-electron chi connectivity index (χ2n) is 7.51. The molecule has 1 aliphatic rings. The molecule has 1 fully saturated rings. The van der Waals surface area contributed by atoms with E-state index in [0.717, 1.165) is 10.9 Å². The third-order valence-electron chi connectivity index (χ3n) is 4.01. The molecule has 148 valence electrons. The molecule has 1 atom stereocenters. The van der Waals surface area contributed by atoms with Crippen molar-refractivity contribution < 1.29 is 19.1 Å². The maximum Gasteiger partial charge on any atom is 0.410 e. The monoisotopic (exact) mass is 439 g/mol. The number of nitrogens with zero attached hydrogens (tertiary/aromatic N) is 1.